The molecular formula is C18H17Cl3N4O3. The van der Waals surface area contributed by atoms with Crippen LogP contribution in [0.25, 0.3) is 0 Å². The van der Waals surface area contributed by atoms with Gasteiger partial charge in [-0.25, -0.2) is 9.78 Å². The molecule has 7 nitrogen and oxygen atoms in total. The van der Waals surface area contributed by atoms with Gasteiger partial charge in [0.1, 0.15) is 10.0 Å². The van der Waals surface area contributed by atoms with E-state index in [1.54, 1.807) is 6.92 Å². The number of nitrogens with zero attached hydrogens (tertiary/aromatic N) is 3. The predicted molar refractivity (Wildman–Crippen MR) is 112 cm³/mol. The maximum absolute atomic E-state index is 11.2. The van der Waals surface area contributed by atoms with E-state index in [0.29, 0.717) is 5.71 Å². The van der Waals surface area contributed by atoms with E-state index in [0.717, 1.165) is 37.6 Å². The number of rotatable bonds is 5. The fourth-order valence-electron chi connectivity index (χ4n) is 2.69. The Labute approximate surface area is 176 Å². The van der Waals surface area contributed by atoms with Crippen LogP contribution < -0.4 is 10.3 Å². The monoisotopic (exact) mass is 442 g/mol. The third-order valence-electron chi connectivity index (χ3n) is 4.24. The Morgan fingerprint density at radius 3 is 2.43 bits per heavy atom. The highest BCUT2D eigenvalue weighted by Gasteiger charge is 2.21. The van der Waals surface area contributed by atoms with Crippen LogP contribution in [0.3, 0.4) is 0 Å². The standard InChI is InChI=1S/C18H17Cl3N4O3/c1-10(11-2-4-12(5-3-11)25-6-8-28-9-7-25)23-24-15-13(19)16(18(26)27)22-17(21)14(15)20/h2-5H,6-9H2,1H3,(H,22,24)(H,26,27)/b23-10+. The van der Waals surface area contributed by atoms with Crippen molar-refractivity contribution in [2.75, 3.05) is 36.6 Å². The first kappa shape index (κ1) is 20.7. The number of halogens is 3. The normalized spacial score (nSPS) is 14.9. The van der Waals surface area contributed by atoms with Crippen molar-refractivity contribution in [2.24, 2.45) is 5.10 Å². The van der Waals surface area contributed by atoms with Crippen LogP contribution in [0.1, 0.15) is 23.0 Å². The molecule has 2 aromatic rings. The van der Waals surface area contributed by atoms with Crippen molar-refractivity contribution < 1.29 is 14.6 Å². The van der Waals surface area contributed by atoms with Gasteiger partial charge in [-0.15, -0.1) is 0 Å². The lowest BCUT2D eigenvalue weighted by Gasteiger charge is -2.28. The number of ether oxygens (including phenoxy) is 1. The van der Waals surface area contributed by atoms with Crippen molar-refractivity contribution in [3.63, 3.8) is 0 Å². The van der Waals surface area contributed by atoms with Gasteiger partial charge in [0, 0.05) is 18.8 Å². The summed E-state index contributed by atoms with van der Waals surface area (Å²) < 4.78 is 5.37. The molecule has 148 valence electrons. The minimum atomic E-state index is -1.31. The molecule has 2 N–H and O–H groups in total. The maximum Gasteiger partial charge on any atom is 0.356 e. The fraction of sp³-hybridized carbons (Fsp3) is 0.278. The second-order valence-electron chi connectivity index (χ2n) is 6.01. The van der Waals surface area contributed by atoms with E-state index in [1.165, 1.54) is 0 Å². The Kier molecular flexibility index (Phi) is 6.61. The first-order chi connectivity index (χ1) is 13.4. The molecule has 2 heterocycles. The Bertz CT molecular complexity index is 913. The summed E-state index contributed by atoms with van der Waals surface area (Å²) in [5.41, 5.74) is 5.05. The van der Waals surface area contributed by atoms with Crippen LogP contribution in [0.4, 0.5) is 11.4 Å². The van der Waals surface area contributed by atoms with Gasteiger partial charge in [0.15, 0.2) is 10.8 Å². The zero-order valence-corrected chi connectivity index (χ0v) is 17.1. The summed E-state index contributed by atoms with van der Waals surface area (Å²) in [5.74, 6) is -1.31. The molecule has 1 aliphatic rings. The van der Waals surface area contributed by atoms with E-state index in [1.807, 2.05) is 24.3 Å². The summed E-state index contributed by atoms with van der Waals surface area (Å²) in [6.45, 7) is 4.97. The number of pyridine rings is 1. The highest BCUT2D eigenvalue weighted by molar-refractivity contribution is 6.46. The SMILES string of the molecule is C/C(=N\Nc1c(Cl)c(Cl)nc(C(=O)O)c1Cl)c1ccc(N2CCOCC2)cc1. The van der Waals surface area contributed by atoms with Gasteiger partial charge in [0.25, 0.3) is 0 Å². The van der Waals surface area contributed by atoms with Crippen molar-refractivity contribution in [3.8, 4) is 0 Å². The summed E-state index contributed by atoms with van der Waals surface area (Å²) in [4.78, 5) is 17.2. The average molecular weight is 444 g/mol. The first-order valence-electron chi connectivity index (χ1n) is 8.39. The summed E-state index contributed by atoms with van der Waals surface area (Å²) in [5, 5.41) is 13.1. The van der Waals surface area contributed by atoms with Crippen LogP contribution in [-0.2, 0) is 4.74 Å². The number of benzene rings is 1. The van der Waals surface area contributed by atoms with Crippen LogP contribution in [0.2, 0.25) is 15.2 Å². The molecule has 1 aliphatic heterocycles. The second-order valence-corrected chi connectivity index (χ2v) is 7.13. The third kappa shape index (κ3) is 4.50. The van der Waals surface area contributed by atoms with Crippen LogP contribution in [0, 0.1) is 0 Å². The Hall–Kier alpha value is -2.06. The number of aromatic nitrogens is 1. The number of nitrogens with one attached hydrogen (secondary N) is 1. The van der Waals surface area contributed by atoms with E-state index in [-0.39, 0.29) is 20.9 Å². The van der Waals surface area contributed by atoms with Crippen LogP contribution in [0.15, 0.2) is 29.4 Å². The highest BCUT2D eigenvalue weighted by Crippen LogP contribution is 2.37. The number of morpholine rings is 1. The zero-order valence-electron chi connectivity index (χ0n) is 14.9. The van der Waals surface area contributed by atoms with E-state index in [2.05, 4.69) is 20.4 Å². The van der Waals surface area contributed by atoms with E-state index in [9.17, 15) is 9.90 Å². The average Bonchev–Trinajstić information content (AvgIpc) is 2.71. The fourth-order valence-corrected chi connectivity index (χ4v) is 3.36. The van der Waals surface area contributed by atoms with E-state index < -0.39 is 11.7 Å². The minimum Gasteiger partial charge on any atom is -0.476 e. The lowest BCUT2D eigenvalue weighted by Crippen LogP contribution is -2.36. The quantitative estimate of drug-likeness (QED) is 0.404. The lowest BCUT2D eigenvalue weighted by atomic mass is 10.1. The third-order valence-corrected chi connectivity index (χ3v) is 5.34. The Balaban J connectivity index is 1.80. The number of carbonyl (C=O) groups is 1. The van der Waals surface area contributed by atoms with Gasteiger partial charge in [-0.1, -0.05) is 46.9 Å². The molecule has 0 unspecified atom stereocenters. The molecule has 3 rings (SSSR count). The number of hydrogen-bond donors (Lipinski definition) is 2. The summed E-state index contributed by atoms with van der Waals surface area (Å²) in [6, 6.07) is 7.95. The number of hydrazone groups is 1. The largest absolute Gasteiger partial charge is 0.476 e. The molecule has 0 bridgehead atoms. The topological polar surface area (TPSA) is 87.0 Å². The van der Waals surface area contributed by atoms with Gasteiger partial charge in [0.05, 0.1) is 24.6 Å². The number of carboxylic acid groups (broad SMARTS) is 1. The molecule has 28 heavy (non-hydrogen) atoms. The van der Waals surface area contributed by atoms with Crippen molar-refractivity contribution in [3.05, 3.63) is 50.7 Å². The molecule has 0 amide bonds. The molecule has 1 saturated heterocycles. The summed E-state index contributed by atoms with van der Waals surface area (Å²) in [7, 11) is 0. The summed E-state index contributed by atoms with van der Waals surface area (Å²) in [6.07, 6.45) is 0. The smallest absolute Gasteiger partial charge is 0.356 e. The minimum absolute atomic E-state index is 0.00381. The molecule has 10 heteroatoms. The van der Waals surface area contributed by atoms with Crippen molar-refractivity contribution in [1.82, 2.24) is 4.98 Å². The molecule has 1 aromatic carbocycles. The zero-order chi connectivity index (χ0) is 20.3. The van der Waals surface area contributed by atoms with Crippen LogP contribution in [-0.4, -0.2) is 48.1 Å². The van der Waals surface area contributed by atoms with Crippen molar-refractivity contribution in [1.29, 1.82) is 0 Å². The van der Waals surface area contributed by atoms with Gasteiger partial charge in [0.2, 0.25) is 0 Å². The molecule has 0 atom stereocenters. The molecule has 1 aromatic heterocycles. The number of carboxylic acids is 1. The van der Waals surface area contributed by atoms with Crippen molar-refractivity contribution in [2.45, 2.75) is 6.92 Å². The molecule has 0 saturated carbocycles. The molecule has 0 aliphatic carbocycles. The van der Waals surface area contributed by atoms with Crippen LogP contribution in [0.5, 0.6) is 0 Å². The second kappa shape index (κ2) is 8.96. The maximum atomic E-state index is 11.2. The van der Waals surface area contributed by atoms with Gasteiger partial charge < -0.3 is 14.7 Å². The van der Waals surface area contributed by atoms with Gasteiger partial charge in [-0.05, 0) is 24.6 Å². The molecule has 0 radical (unpaired) electrons. The molecular weight excluding hydrogens is 427 g/mol. The molecule has 0 spiro atoms. The number of hydrogen-bond acceptors (Lipinski definition) is 6. The highest BCUT2D eigenvalue weighted by atomic mass is 35.5. The Morgan fingerprint density at radius 1 is 1.18 bits per heavy atom. The summed E-state index contributed by atoms with van der Waals surface area (Å²) >= 11 is 18.1. The van der Waals surface area contributed by atoms with Gasteiger partial charge >= 0.3 is 5.97 Å². The number of aromatic carboxylic acids is 1. The molecule has 1 fully saturated rings. The van der Waals surface area contributed by atoms with Gasteiger partial charge in [-0.2, -0.15) is 5.10 Å². The van der Waals surface area contributed by atoms with Gasteiger partial charge in [-0.3, -0.25) is 5.43 Å². The number of anilines is 2. The predicted octanol–water partition coefficient (Wildman–Crippen LogP) is 4.41. The first-order valence-corrected chi connectivity index (χ1v) is 9.53. The van der Waals surface area contributed by atoms with E-state index >= 15 is 0 Å². The van der Waals surface area contributed by atoms with Crippen molar-refractivity contribution >= 4 is 57.9 Å². The Morgan fingerprint density at radius 2 is 1.82 bits per heavy atom. The van der Waals surface area contributed by atoms with E-state index in [4.69, 9.17) is 39.5 Å². The lowest BCUT2D eigenvalue weighted by molar-refractivity contribution is 0.0691. The van der Waals surface area contributed by atoms with Crippen LogP contribution >= 0.6 is 34.8 Å².